The molecule has 0 spiro atoms. The van der Waals surface area contributed by atoms with Gasteiger partial charge in [-0.05, 0) is 57.8 Å². The number of amides is 1. The van der Waals surface area contributed by atoms with E-state index in [-0.39, 0.29) is 12.5 Å². The lowest BCUT2D eigenvalue weighted by atomic mass is 10.0. The van der Waals surface area contributed by atoms with Crippen LogP contribution in [0, 0.1) is 0 Å². The molecular formula is C51H99N2O6P. The zero-order chi connectivity index (χ0) is 44.3. The molecule has 0 aliphatic heterocycles. The van der Waals surface area contributed by atoms with Crippen molar-refractivity contribution in [1.82, 2.24) is 5.32 Å². The van der Waals surface area contributed by atoms with Gasteiger partial charge in [0.1, 0.15) is 13.2 Å². The van der Waals surface area contributed by atoms with Crippen molar-refractivity contribution < 1.29 is 32.9 Å². The number of phosphoric ester groups is 1. The normalized spacial score (nSPS) is 14.4. The number of rotatable bonds is 46. The third-order valence-corrected chi connectivity index (χ3v) is 12.3. The molecular weight excluding hydrogens is 768 g/mol. The zero-order valence-electron chi connectivity index (χ0n) is 40.2. The van der Waals surface area contributed by atoms with Gasteiger partial charge in [0.05, 0.1) is 39.9 Å². The van der Waals surface area contributed by atoms with Crippen LogP contribution in [-0.2, 0) is 18.4 Å². The second-order valence-electron chi connectivity index (χ2n) is 18.5. The molecule has 0 radical (unpaired) electrons. The molecule has 0 aliphatic rings. The van der Waals surface area contributed by atoms with Crippen LogP contribution < -0.4 is 10.2 Å². The number of unbranched alkanes of at least 4 members (excludes halogenated alkanes) is 29. The van der Waals surface area contributed by atoms with Crippen LogP contribution in [0.2, 0.25) is 0 Å². The number of hydrogen-bond donors (Lipinski definition) is 2. The fourth-order valence-electron chi connectivity index (χ4n) is 7.28. The van der Waals surface area contributed by atoms with Gasteiger partial charge < -0.3 is 28.8 Å². The Hall–Kier alpha value is -1.28. The van der Waals surface area contributed by atoms with E-state index in [0.717, 1.165) is 38.5 Å². The van der Waals surface area contributed by atoms with Crippen LogP contribution in [0.25, 0.3) is 0 Å². The summed E-state index contributed by atoms with van der Waals surface area (Å²) < 4.78 is 23.2. The molecule has 60 heavy (non-hydrogen) atoms. The van der Waals surface area contributed by atoms with E-state index in [2.05, 4.69) is 43.5 Å². The van der Waals surface area contributed by atoms with Crippen molar-refractivity contribution in [1.29, 1.82) is 0 Å². The Kier molecular flexibility index (Phi) is 42.1. The number of aliphatic hydroxyl groups is 1. The van der Waals surface area contributed by atoms with Crippen molar-refractivity contribution in [3.63, 3.8) is 0 Å². The molecule has 0 saturated heterocycles. The van der Waals surface area contributed by atoms with E-state index in [0.29, 0.717) is 17.4 Å². The maximum absolute atomic E-state index is 12.9. The second-order valence-corrected chi connectivity index (χ2v) is 19.9. The van der Waals surface area contributed by atoms with Crippen LogP contribution >= 0.6 is 7.82 Å². The minimum absolute atomic E-state index is 0.00639. The van der Waals surface area contributed by atoms with E-state index in [1.807, 2.05) is 27.2 Å². The number of likely N-dealkylation sites (N-methyl/N-ethyl adjacent to an activating group) is 1. The molecule has 0 aliphatic carbocycles. The minimum atomic E-state index is -4.59. The number of hydrogen-bond acceptors (Lipinski definition) is 6. The molecule has 3 atom stereocenters. The third kappa shape index (κ3) is 44.8. The molecule has 0 saturated carbocycles. The highest BCUT2D eigenvalue weighted by molar-refractivity contribution is 7.45. The Morgan fingerprint density at radius 3 is 1.35 bits per heavy atom. The highest BCUT2D eigenvalue weighted by Gasteiger charge is 2.23. The maximum Gasteiger partial charge on any atom is 0.268 e. The van der Waals surface area contributed by atoms with Crippen LogP contribution in [0.3, 0.4) is 0 Å². The van der Waals surface area contributed by atoms with Gasteiger partial charge >= 0.3 is 0 Å². The Morgan fingerprint density at radius 1 is 0.567 bits per heavy atom. The Labute approximate surface area is 372 Å². The Balaban J connectivity index is 4.19. The van der Waals surface area contributed by atoms with Gasteiger partial charge in [-0.25, -0.2) is 0 Å². The molecule has 0 rings (SSSR count). The first-order valence-corrected chi connectivity index (χ1v) is 26.8. The van der Waals surface area contributed by atoms with Crippen LogP contribution in [0.1, 0.15) is 232 Å². The summed E-state index contributed by atoms with van der Waals surface area (Å²) in [6, 6.07) is -0.902. The lowest BCUT2D eigenvalue weighted by Gasteiger charge is -2.29. The largest absolute Gasteiger partial charge is 0.756 e. The molecule has 0 aromatic heterocycles. The van der Waals surface area contributed by atoms with E-state index in [1.165, 1.54) is 173 Å². The summed E-state index contributed by atoms with van der Waals surface area (Å²) in [5, 5.41) is 13.8. The number of aliphatic hydroxyl groups excluding tert-OH is 1. The van der Waals surface area contributed by atoms with Crippen molar-refractivity contribution in [3.05, 3.63) is 36.5 Å². The summed E-state index contributed by atoms with van der Waals surface area (Å²) in [6.07, 6.45) is 53.6. The standard InChI is InChI=1S/C51H99N2O6P/c1-6-8-10-12-14-16-18-20-21-22-23-24-25-26-27-28-29-30-31-32-33-35-37-39-41-43-45-51(55)52-49(48-59-60(56,57)58-47-46-53(3,4)5)50(54)44-42-40-38-36-34-19-17-15-13-11-9-7-2/h26-27,34,36,42,44,49-50,54H,6-25,28-33,35,37-41,43,45-48H2,1-5H3,(H-,52,55,56,57)/b27-26-,36-34+,44-42+. The number of carbonyl (C=O) groups excluding carboxylic acids is 1. The highest BCUT2D eigenvalue weighted by Crippen LogP contribution is 2.38. The van der Waals surface area contributed by atoms with Gasteiger partial charge in [0.25, 0.3) is 7.82 Å². The van der Waals surface area contributed by atoms with Crippen LogP contribution in [0.5, 0.6) is 0 Å². The number of quaternary nitrogens is 1. The molecule has 1 amide bonds. The van der Waals surface area contributed by atoms with Crippen LogP contribution in [0.4, 0.5) is 0 Å². The first-order valence-electron chi connectivity index (χ1n) is 25.4. The first kappa shape index (κ1) is 58.7. The van der Waals surface area contributed by atoms with Crippen LogP contribution in [0.15, 0.2) is 36.5 Å². The summed E-state index contributed by atoms with van der Waals surface area (Å²) in [4.78, 5) is 25.3. The minimum Gasteiger partial charge on any atom is -0.756 e. The molecule has 3 unspecified atom stereocenters. The van der Waals surface area contributed by atoms with Crippen molar-refractivity contribution in [3.8, 4) is 0 Å². The third-order valence-electron chi connectivity index (χ3n) is 11.3. The maximum atomic E-state index is 12.9. The number of nitrogens with zero attached hydrogens (tertiary/aromatic N) is 1. The molecule has 0 heterocycles. The fraction of sp³-hybridized carbons (Fsp3) is 0.863. The summed E-state index contributed by atoms with van der Waals surface area (Å²) in [5.41, 5.74) is 0. The second kappa shape index (κ2) is 43.0. The lowest BCUT2D eigenvalue weighted by molar-refractivity contribution is -0.870. The van der Waals surface area contributed by atoms with Gasteiger partial charge in [-0.15, -0.1) is 0 Å². The van der Waals surface area contributed by atoms with Crippen molar-refractivity contribution in [2.24, 2.45) is 0 Å². The van der Waals surface area contributed by atoms with E-state index in [9.17, 15) is 19.4 Å². The summed E-state index contributed by atoms with van der Waals surface area (Å²) in [5.74, 6) is -0.209. The van der Waals surface area contributed by atoms with Gasteiger partial charge in [-0.3, -0.25) is 9.36 Å². The monoisotopic (exact) mass is 867 g/mol. The average molecular weight is 867 g/mol. The lowest BCUT2D eigenvalue weighted by Crippen LogP contribution is -2.45. The van der Waals surface area contributed by atoms with Crippen molar-refractivity contribution in [2.45, 2.75) is 244 Å². The fourth-order valence-corrected chi connectivity index (χ4v) is 8.00. The van der Waals surface area contributed by atoms with Gasteiger partial charge in [-0.1, -0.05) is 204 Å². The first-order chi connectivity index (χ1) is 29.0. The molecule has 0 bridgehead atoms. The average Bonchev–Trinajstić information content (AvgIpc) is 3.20. The predicted molar refractivity (Wildman–Crippen MR) is 256 cm³/mol. The highest BCUT2D eigenvalue weighted by atomic mass is 31.2. The van der Waals surface area contributed by atoms with E-state index in [4.69, 9.17) is 9.05 Å². The number of allylic oxidation sites excluding steroid dienone is 5. The van der Waals surface area contributed by atoms with Crippen molar-refractivity contribution in [2.75, 3.05) is 40.9 Å². The Morgan fingerprint density at radius 2 is 0.933 bits per heavy atom. The summed E-state index contributed by atoms with van der Waals surface area (Å²) in [7, 11) is 1.24. The summed E-state index contributed by atoms with van der Waals surface area (Å²) in [6.45, 7) is 4.62. The molecule has 2 N–H and O–H groups in total. The van der Waals surface area contributed by atoms with Gasteiger partial charge in [0.15, 0.2) is 0 Å². The van der Waals surface area contributed by atoms with Crippen LogP contribution in [-0.4, -0.2) is 68.5 Å². The molecule has 0 aromatic carbocycles. The Bertz CT molecular complexity index is 1070. The van der Waals surface area contributed by atoms with Gasteiger partial charge in [0, 0.05) is 6.42 Å². The molecule has 8 nitrogen and oxygen atoms in total. The smallest absolute Gasteiger partial charge is 0.268 e. The quantitative estimate of drug-likeness (QED) is 0.0273. The van der Waals surface area contributed by atoms with Crippen molar-refractivity contribution >= 4 is 13.7 Å². The SMILES string of the molecule is CCCCCCCC/C=C/CC/C=C/C(O)C(COP(=O)([O-])OCC[N+](C)(C)C)NC(=O)CCCCCCCCCCCC/C=C\CCCCCCCCCCCCCC. The van der Waals surface area contributed by atoms with E-state index >= 15 is 0 Å². The van der Waals surface area contributed by atoms with E-state index < -0.39 is 26.6 Å². The zero-order valence-corrected chi connectivity index (χ0v) is 41.1. The molecule has 0 aromatic rings. The number of nitrogens with one attached hydrogen (secondary N) is 1. The topological polar surface area (TPSA) is 108 Å². The van der Waals surface area contributed by atoms with E-state index in [1.54, 1.807) is 6.08 Å². The number of carbonyl (C=O) groups is 1. The molecule has 9 heteroatoms. The summed E-state index contributed by atoms with van der Waals surface area (Å²) >= 11 is 0. The number of phosphoric acid groups is 1. The molecule has 0 fully saturated rings. The van der Waals surface area contributed by atoms with Gasteiger partial charge in [-0.2, -0.15) is 0 Å². The molecule has 354 valence electrons. The predicted octanol–water partition coefficient (Wildman–Crippen LogP) is 14.0. The van der Waals surface area contributed by atoms with Gasteiger partial charge in [0.2, 0.25) is 5.91 Å².